The maximum Gasteiger partial charge on any atom is 0.321 e. The smallest absolute Gasteiger partial charge is 0.321 e. The molecule has 156 valence electrons. The van der Waals surface area contributed by atoms with Gasteiger partial charge in [0, 0.05) is 18.5 Å². The van der Waals surface area contributed by atoms with Crippen molar-refractivity contribution in [2.24, 2.45) is 5.41 Å². The molecule has 0 aliphatic carbocycles. The topological polar surface area (TPSA) is 129 Å². The third kappa shape index (κ3) is 3.98. The van der Waals surface area contributed by atoms with Crippen molar-refractivity contribution in [1.29, 1.82) is 0 Å². The number of carboxylic acids is 2. The number of nitrogens with zero attached hydrogens (tertiary/aromatic N) is 1. The molecular formula is C22H21NO7. The molecule has 1 heterocycles. The van der Waals surface area contributed by atoms with E-state index < -0.39 is 54.3 Å². The first-order valence-electron chi connectivity index (χ1n) is 9.01. The Kier molecular flexibility index (Phi) is 6.51. The molecule has 0 bridgehead atoms. The molecule has 0 unspecified atom stereocenters. The quantitative estimate of drug-likeness (QED) is 0.343. The van der Waals surface area contributed by atoms with Gasteiger partial charge in [0.2, 0.25) is 0 Å². The van der Waals surface area contributed by atoms with Crippen molar-refractivity contribution in [2.45, 2.75) is 19.8 Å². The monoisotopic (exact) mass is 411 g/mol. The number of ketones is 1. The van der Waals surface area contributed by atoms with Crippen LogP contribution >= 0.6 is 0 Å². The van der Waals surface area contributed by atoms with E-state index in [1.54, 1.807) is 19.1 Å². The highest BCUT2D eigenvalue weighted by Gasteiger charge is 2.49. The van der Waals surface area contributed by atoms with E-state index in [1.807, 2.05) is 0 Å². The van der Waals surface area contributed by atoms with Gasteiger partial charge in [-0.3, -0.25) is 28.9 Å². The van der Waals surface area contributed by atoms with Crippen LogP contribution < -0.4 is 0 Å². The SMILES string of the molecule is C=CC1=C(C=C)C(=O)N(CCC(CC(=O)c2ccc(C)cc2)(C(=O)O)C(=O)O)C1=O. The minimum atomic E-state index is -2.51. The molecule has 0 atom stereocenters. The van der Waals surface area contributed by atoms with E-state index >= 15 is 0 Å². The van der Waals surface area contributed by atoms with Gasteiger partial charge in [-0.2, -0.15) is 0 Å². The molecule has 0 radical (unpaired) electrons. The molecule has 8 nitrogen and oxygen atoms in total. The highest BCUT2D eigenvalue weighted by molar-refractivity contribution is 6.22. The highest BCUT2D eigenvalue weighted by atomic mass is 16.4. The second kappa shape index (κ2) is 8.69. The van der Waals surface area contributed by atoms with Crippen LogP contribution in [0.25, 0.3) is 0 Å². The van der Waals surface area contributed by atoms with Crippen LogP contribution in [0.2, 0.25) is 0 Å². The maximum absolute atomic E-state index is 12.6. The second-order valence-corrected chi connectivity index (χ2v) is 6.91. The van der Waals surface area contributed by atoms with Crippen LogP contribution in [0.5, 0.6) is 0 Å². The number of carboxylic acid groups (broad SMARTS) is 2. The largest absolute Gasteiger partial charge is 0.480 e. The average molecular weight is 411 g/mol. The zero-order valence-electron chi connectivity index (χ0n) is 16.4. The Labute approximate surface area is 172 Å². The Bertz CT molecular complexity index is 941. The van der Waals surface area contributed by atoms with Crippen LogP contribution in [0.15, 0.2) is 60.7 Å². The van der Waals surface area contributed by atoms with E-state index in [9.17, 15) is 34.2 Å². The zero-order chi connectivity index (χ0) is 22.6. The molecule has 1 aliphatic heterocycles. The number of aliphatic carboxylic acids is 2. The van der Waals surface area contributed by atoms with Crippen molar-refractivity contribution in [1.82, 2.24) is 4.90 Å². The van der Waals surface area contributed by atoms with Crippen LogP contribution in [0.1, 0.15) is 28.8 Å². The molecular weight excluding hydrogens is 390 g/mol. The van der Waals surface area contributed by atoms with E-state index in [-0.39, 0.29) is 16.7 Å². The predicted molar refractivity (Wildman–Crippen MR) is 107 cm³/mol. The minimum absolute atomic E-state index is 0.00183. The molecule has 0 saturated heterocycles. The fourth-order valence-corrected chi connectivity index (χ4v) is 3.17. The third-order valence-electron chi connectivity index (χ3n) is 5.07. The van der Waals surface area contributed by atoms with Crippen molar-refractivity contribution < 1.29 is 34.2 Å². The summed E-state index contributed by atoms with van der Waals surface area (Å²) in [5, 5.41) is 19.3. The number of rotatable bonds is 10. The lowest BCUT2D eigenvalue weighted by Gasteiger charge is -2.26. The minimum Gasteiger partial charge on any atom is -0.480 e. The van der Waals surface area contributed by atoms with Crippen molar-refractivity contribution in [2.75, 3.05) is 6.54 Å². The summed E-state index contributed by atoms with van der Waals surface area (Å²) in [6.07, 6.45) is 0.897. The number of aryl methyl sites for hydroxylation is 1. The number of Topliss-reactive ketones (excluding diaryl/α,β-unsaturated/α-hetero) is 1. The fraction of sp³-hybridized carbons (Fsp3) is 0.227. The number of amides is 2. The average Bonchev–Trinajstić information content (AvgIpc) is 2.93. The van der Waals surface area contributed by atoms with Gasteiger partial charge in [-0.1, -0.05) is 55.1 Å². The Morgan fingerprint density at radius 3 is 1.83 bits per heavy atom. The fourth-order valence-electron chi connectivity index (χ4n) is 3.17. The number of hydrogen-bond acceptors (Lipinski definition) is 5. The lowest BCUT2D eigenvalue weighted by atomic mass is 9.78. The van der Waals surface area contributed by atoms with Gasteiger partial charge in [0.05, 0.1) is 11.1 Å². The number of carbonyl (C=O) groups is 5. The lowest BCUT2D eigenvalue weighted by Crippen LogP contribution is -2.45. The van der Waals surface area contributed by atoms with E-state index in [0.717, 1.165) is 10.5 Å². The first-order chi connectivity index (χ1) is 14.1. The van der Waals surface area contributed by atoms with Gasteiger partial charge < -0.3 is 10.2 Å². The Morgan fingerprint density at radius 1 is 0.967 bits per heavy atom. The summed E-state index contributed by atoms with van der Waals surface area (Å²) >= 11 is 0. The summed E-state index contributed by atoms with van der Waals surface area (Å²) in [5.74, 6) is -5.57. The van der Waals surface area contributed by atoms with Crippen LogP contribution in [0.3, 0.4) is 0 Å². The van der Waals surface area contributed by atoms with Gasteiger partial charge in [0.1, 0.15) is 0 Å². The number of hydrogen-bond donors (Lipinski definition) is 2. The van der Waals surface area contributed by atoms with Gasteiger partial charge in [-0.15, -0.1) is 0 Å². The van der Waals surface area contributed by atoms with Gasteiger partial charge >= 0.3 is 11.9 Å². The van der Waals surface area contributed by atoms with Crippen LogP contribution in [0, 0.1) is 12.3 Å². The predicted octanol–water partition coefficient (Wildman–Crippen LogP) is 2.15. The van der Waals surface area contributed by atoms with Crippen molar-refractivity contribution in [3.05, 3.63) is 71.8 Å². The summed E-state index contributed by atoms with van der Waals surface area (Å²) in [5.41, 5.74) is -1.45. The first-order valence-corrected chi connectivity index (χ1v) is 9.01. The molecule has 0 fully saturated rings. The maximum atomic E-state index is 12.6. The van der Waals surface area contributed by atoms with Gasteiger partial charge in [-0.05, 0) is 13.3 Å². The van der Waals surface area contributed by atoms with Crippen molar-refractivity contribution in [3.8, 4) is 0 Å². The molecule has 8 heteroatoms. The molecule has 1 aromatic rings. The van der Waals surface area contributed by atoms with E-state index in [4.69, 9.17) is 0 Å². The van der Waals surface area contributed by atoms with Gasteiger partial charge in [-0.25, -0.2) is 0 Å². The van der Waals surface area contributed by atoms with Crippen LogP contribution in [-0.2, 0) is 19.2 Å². The molecule has 1 aromatic carbocycles. The van der Waals surface area contributed by atoms with Crippen LogP contribution in [0.4, 0.5) is 0 Å². The molecule has 2 amide bonds. The zero-order valence-corrected chi connectivity index (χ0v) is 16.4. The number of carbonyl (C=O) groups excluding carboxylic acids is 3. The number of imide groups is 1. The summed E-state index contributed by atoms with van der Waals surface area (Å²) in [6.45, 7) is 8.24. The standard InChI is InChI=1S/C22H21NO7/c1-4-15-16(5-2)19(26)23(18(15)25)11-10-22(20(27)28,21(29)30)12-17(24)14-8-6-13(3)7-9-14/h4-9H,1-2,10-12H2,3H3,(H,27,28)(H,29,30). The molecule has 30 heavy (non-hydrogen) atoms. The van der Waals surface area contributed by atoms with Crippen LogP contribution in [-0.4, -0.2) is 51.2 Å². The summed E-state index contributed by atoms with van der Waals surface area (Å²) < 4.78 is 0. The molecule has 0 spiro atoms. The van der Waals surface area contributed by atoms with Crippen molar-refractivity contribution in [3.63, 3.8) is 0 Å². The van der Waals surface area contributed by atoms with Gasteiger partial charge in [0.15, 0.2) is 11.2 Å². The summed E-state index contributed by atoms with van der Waals surface area (Å²) in [7, 11) is 0. The second-order valence-electron chi connectivity index (χ2n) is 6.91. The molecule has 2 N–H and O–H groups in total. The normalized spacial score (nSPS) is 14.1. The summed E-state index contributed by atoms with van der Waals surface area (Å²) in [6, 6.07) is 6.27. The van der Waals surface area contributed by atoms with E-state index in [0.29, 0.717) is 0 Å². The van der Waals surface area contributed by atoms with E-state index in [1.165, 1.54) is 24.3 Å². The van der Waals surface area contributed by atoms with Crippen molar-refractivity contribution >= 4 is 29.5 Å². The Balaban J connectivity index is 2.30. The first kappa shape index (κ1) is 22.5. The van der Waals surface area contributed by atoms with Gasteiger partial charge in [0.25, 0.3) is 11.8 Å². The molecule has 2 rings (SSSR count). The third-order valence-corrected chi connectivity index (χ3v) is 5.07. The molecule has 0 saturated carbocycles. The Morgan fingerprint density at radius 2 is 1.43 bits per heavy atom. The van der Waals surface area contributed by atoms with E-state index in [2.05, 4.69) is 13.2 Å². The lowest BCUT2D eigenvalue weighted by molar-refractivity contribution is -0.166. The highest BCUT2D eigenvalue weighted by Crippen LogP contribution is 2.32. The number of benzene rings is 1. The molecule has 0 aromatic heterocycles. The summed E-state index contributed by atoms with van der Waals surface area (Å²) in [4.78, 5) is 62.0. The molecule has 1 aliphatic rings. The Hall–Kier alpha value is -3.81.